The topological polar surface area (TPSA) is 90.1 Å². The lowest BCUT2D eigenvalue weighted by atomic mass is 10.6. The van der Waals surface area contributed by atoms with Crippen molar-refractivity contribution < 1.29 is 9.90 Å². The van der Waals surface area contributed by atoms with Crippen molar-refractivity contribution in [2.24, 2.45) is 0 Å². The van der Waals surface area contributed by atoms with Gasteiger partial charge in [0.15, 0.2) is 12.0 Å². The molecule has 6 heteroatoms. The Morgan fingerprint density at radius 3 is 2.83 bits per heavy atom. The van der Waals surface area contributed by atoms with E-state index in [0.29, 0.717) is 4.90 Å². The van der Waals surface area contributed by atoms with Crippen LogP contribution in [0.3, 0.4) is 0 Å². The zero-order chi connectivity index (χ0) is 8.97. The predicted molar refractivity (Wildman–Crippen MR) is 38.1 cm³/mol. The molecule has 1 amide bonds. The number of hydrogen-bond acceptors (Lipinski definition) is 4. The Labute approximate surface area is 67.7 Å². The van der Waals surface area contributed by atoms with E-state index in [4.69, 9.17) is 10.4 Å². The van der Waals surface area contributed by atoms with E-state index in [1.807, 2.05) is 0 Å². The lowest BCUT2D eigenvalue weighted by molar-refractivity contribution is 0.204. The number of aromatic nitrogens is 2. The van der Waals surface area contributed by atoms with Gasteiger partial charge in [0.05, 0.1) is 6.20 Å². The maximum absolute atomic E-state index is 10.4. The van der Waals surface area contributed by atoms with Crippen LogP contribution in [0.4, 0.5) is 10.6 Å². The number of nitrogens with zero attached hydrogens (tertiary/aromatic N) is 4. The highest BCUT2D eigenvalue weighted by Crippen LogP contribution is 2.05. The molecule has 0 aromatic carbocycles. The molecule has 0 bridgehead atoms. The second-order valence-corrected chi connectivity index (χ2v) is 1.78. The lowest BCUT2D eigenvalue weighted by Gasteiger charge is -2.05. The van der Waals surface area contributed by atoms with E-state index in [0.717, 1.165) is 0 Å². The molecule has 6 nitrogen and oxygen atoms in total. The van der Waals surface area contributed by atoms with Crippen LogP contribution in [0, 0.1) is 11.5 Å². The molecule has 1 N–H and O–H groups in total. The molecule has 12 heavy (non-hydrogen) atoms. The first-order valence-corrected chi connectivity index (χ1v) is 2.94. The number of rotatable bonds is 1. The summed E-state index contributed by atoms with van der Waals surface area (Å²) in [5.74, 6) is -0.00694. The summed E-state index contributed by atoms with van der Waals surface area (Å²) in [4.78, 5) is 18.0. The van der Waals surface area contributed by atoms with E-state index in [-0.39, 0.29) is 5.82 Å². The van der Waals surface area contributed by atoms with Crippen molar-refractivity contribution in [2.45, 2.75) is 0 Å². The first-order chi connectivity index (χ1) is 5.75. The molecule has 0 aliphatic rings. The normalized spacial score (nSPS) is 8.58. The third-order valence-corrected chi connectivity index (χ3v) is 1.07. The van der Waals surface area contributed by atoms with Crippen molar-refractivity contribution in [3.63, 3.8) is 0 Å². The maximum Gasteiger partial charge on any atom is 0.426 e. The van der Waals surface area contributed by atoms with Gasteiger partial charge in [0.1, 0.15) is 0 Å². The molecular formula is C6H4N4O2. The molecule has 0 saturated heterocycles. The highest BCUT2D eigenvalue weighted by atomic mass is 16.4. The molecule has 0 fully saturated rings. The summed E-state index contributed by atoms with van der Waals surface area (Å²) in [6.45, 7) is 0. The Balaban J connectivity index is 2.98. The SMILES string of the molecule is N#CN(C(=O)O)c1cnccn1. The van der Waals surface area contributed by atoms with Crippen molar-refractivity contribution in [3.05, 3.63) is 18.6 Å². The Morgan fingerprint density at radius 1 is 1.67 bits per heavy atom. The molecule has 1 aromatic rings. The first kappa shape index (κ1) is 7.94. The Hall–Kier alpha value is -2.16. The zero-order valence-electron chi connectivity index (χ0n) is 5.88. The molecule has 0 radical (unpaired) electrons. The number of nitriles is 1. The van der Waals surface area contributed by atoms with Crippen LogP contribution < -0.4 is 4.90 Å². The summed E-state index contributed by atoms with van der Waals surface area (Å²) in [6.07, 6.45) is 3.96. The molecule has 0 unspecified atom stereocenters. The van der Waals surface area contributed by atoms with Crippen molar-refractivity contribution >= 4 is 11.9 Å². The van der Waals surface area contributed by atoms with Crippen LogP contribution in [0.25, 0.3) is 0 Å². The van der Waals surface area contributed by atoms with E-state index < -0.39 is 6.09 Å². The fraction of sp³-hybridized carbons (Fsp3) is 0. The van der Waals surface area contributed by atoms with E-state index in [2.05, 4.69) is 9.97 Å². The molecule has 0 aliphatic heterocycles. The van der Waals surface area contributed by atoms with E-state index in [1.54, 1.807) is 0 Å². The number of anilines is 1. The molecule has 1 heterocycles. The van der Waals surface area contributed by atoms with Crippen molar-refractivity contribution in [2.75, 3.05) is 4.90 Å². The number of hydrogen-bond donors (Lipinski definition) is 1. The smallest absolute Gasteiger partial charge is 0.426 e. The van der Waals surface area contributed by atoms with Crippen LogP contribution in [-0.4, -0.2) is 21.2 Å². The van der Waals surface area contributed by atoms with Gasteiger partial charge in [-0.15, -0.1) is 0 Å². The van der Waals surface area contributed by atoms with Crippen molar-refractivity contribution in [1.82, 2.24) is 9.97 Å². The third kappa shape index (κ3) is 1.46. The molecular weight excluding hydrogens is 160 g/mol. The molecule has 0 atom stereocenters. The second kappa shape index (κ2) is 3.30. The third-order valence-electron chi connectivity index (χ3n) is 1.07. The van der Waals surface area contributed by atoms with Gasteiger partial charge in [-0.3, -0.25) is 4.98 Å². The van der Waals surface area contributed by atoms with Crippen LogP contribution >= 0.6 is 0 Å². The van der Waals surface area contributed by atoms with Gasteiger partial charge in [0.2, 0.25) is 0 Å². The van der Waals surface area contributed by atoms with E-state index >= 15 is 0 Å². The Bertz CT molecular complexity index is 318. The number of amides is 1. The highest BCUT2D eigenvalue weighted by molar-refractivity contribution is 5.87. The van der Waals surface area contributed by atoms with Gasteiger partial charge < -0.3 is 5.11 Å². The summed E-state index contributed by atoms with van der Waals surface area (Å²) < 4.78 is 0. The second-order valence-electron chi connectivity index (χ2n) is 1.78. The Kier molecular flexibility index (Phi) is 2.18. The van der Waals surface area contributed by atoms with Crippen LogP contribution in [0.5, 0.6) is 0 Å². The monoisotopic (exact) mass is 164 g/mol. The summed E-state index contributed by atoms with van der Waals surface area (Å²) >= 11 is 0. The van der Waals surface area contributed by atoms with Crippen LogP contribution in [-0.2, 0) is 0 Å². The zero-order valence-corrected chi connectivity index (χ0v) is 5.88. The minimum atomic E-state index is -1.38. The van der Waals surface area contributed by atoms with Crippen LogP contribution in [0.2, 0.25) is 0 Å². The minimum Gasteiger partial charge on any atom is -0.464 e. The van der Waals surface area contributed by atoms with Gasteiger partial charge in [-0.05, 0) is 0 Å². The Morgan fingerprint density at radius 2 is 2.42 bits per heavy atom. The summed E-state index contributed by atoms with van der Waals surface area (Å²) in [6, 6.07) is 0. The van der Waals surface area contributed by atoms with Crippen LogP contribution in [0.15, 0.2) is 18.6 Å². The average molecular weight is 164 g/mol. The summed E-state index contributed by atoms with van der Waals surface area (Å²) in [5, 5.41) is 16.8. The minimum absolute atomic E-state index is 0.00694. The van der Waals surface area contributed by atoms with Gasteiger partial charge in [0.25, 0.3) is 0 Å². The van der Waals surface area contributed by atoms with E-state index in [1.165, 1.54) is 24.8 Å². The number of carbonyl (C=O) groups is 1. The van der Waals surface area contributed by atoms with E-state index in [9.17, 15) is 4.79 Å². The maximum atomic E-state index is 10.4. The van der Waals surface area contributed by atoms with Gasteiger partial charge in [-0.25, -0.2) is 9.78 Å². The molecule has 0 spiro atoms. The molecule has 1 aromatic heterocycles. The largest absolute Gasteiger partial charge is 0.464 e. The van der Waals surface area contributed by atoms with Crippen molar-refractivity contribution in [1.29, 1.82) is 5.26 Å². The fourth-order valence-corrected chi connectivity index (χ4v) is 0.599. The quantitative estimate of drug-likeness (QED) is 0.480. The molecule has 0 saturated carbocycles. The number of carboxylic acid groups (broad SMARTS) is 1. The van der Waals surface area contributed by atoms with Crippen LogP contribution in [0.1, 0.15) is 0 Å². The standard InChI is InChI=1S/C6H4N4O2/c7-4-10(6(11)12)5-3-8-1-2-9-5/h1-3H,(H,11,12). The van der Waals surface area contributed by atoms with Crippen molar-refractivity contribution in [3.8, 4) is 6.19 Å². The summed E-state index contributed by atoms with van der Waals surface area (Å²) in [5.41, 5.74) is 0. The first-order valence-electron chi connectivity index (χ1n) is 2.94. The summed E-state index contributed by atoms with van der Waals surface area (Å²) in [7, 11) is 0. The molecule has 1 rings (SSSR count). The van der Waals surface area contributed by atoms with Gasteiger partial charge in [0, 0.05) is 12.4 Å². The van der Waals surface area contributed by atoms with Gasteiger partial charge in [-0.2, -0.15) is 10.2 Å². The van der Waals surface area contributed by atoms with Gasteiger partial charge in [-0.1, -0.05) is 0 Å². The fourth-order valence-electron chi connectivity index (χ4n) is 0.599. The average Bonchev–Trinajstić information content (AvgIpc) is 2.07. The molecule has 0 aliphatic carbocycles. The lowest BCUT2D eigenvalue weighted by Crippen LogP contribution is -2.24. The predicted octanol–water partition coefficient (Wildman–Crippen LogP) is 0.442. The molecule has 60 valence electrons. The highest BCUT2D eigenvalue weighted by Gasteiger charge is 2.13. The van der Waals surface area contributed by atoms with Gasteiger partial charge >= 0.3 is 6.09 Å².